The van der Waals surface area contributed by atoms with E-state index in [9.17, 15) is 16.8 Å². The van der Waals surface area contributed by atoms with Gasteiger partial charge in [-0.25, -0.2) is 16.8 Å². The Balaban J connectivity index is 2.51. The molecule has 0 saturated carbocycles. The Morgan fingerprint density at radius 2 is 1.67 bits per heavy atom. The van der Waals surface area contributed by atoms with E-state index >= 15 is 0 Å². The van der Waals surface area contributed by atoms with Crippen molar-refractivity contribution in [1.82, 2.24) is 4.31 Å². The second kappa shape index (κ2) is 5.87. The van der Waals surface area contributed by atoms with Crippen LogP contribution in [0.4, 0.5) is 0 Å². The average Bonchev–Trinajstić information content (AvgIpc) is 2.37. The highest BCUT2D eigenvalue weighted by molar-refractivity contribution is 8.14. The first-order valence-corrected chi connectivity index (χ1v) is 10.4. The molecule has 0 aromatic heterocycles. The van der Waals surface area contributed by atoms with E-state index in [2.05, 4.69) is 6.92 Å². The number of piperidine rings is 1. The third-order valence-electron chi connectivity index (χ3n) is 3.78. The Kier molecular flexibility index (Phi) is 4.68. The second-order valence-corrected chi connectivity index (χ2v) is 9.87. The number of sulfonamides is 1. The number of nitrogens with zero attached hydrogens (tertiary/aromatic N) is 1. The molecular formula is C13H18ClNO4S2. The monoisotopic (exact) mass is 351 g/mol. The highest BCUT2D eigenvalue weighted by atomic mass is 35.7. The molecule has 0 aliphatic carbocycles. The van der Waals surface area contributed by atoms with Crippen LogP contribution in [0.5, 0.6) is 0 Å². The normalized spacial score (nSPS) is 24.9. The van der Waals surface area contributed by atoms with Crippen molar-refractivity contribution >= 4 is 29.8 Å². The second-order valence-electron chi connectivity index (χ2n) is 5.48. The zero-order valence-corrected chi connectivity index (χ0v) is 14.2. The van der Waals surface area contributed by atoms with Gasteiger partial charge in [0.05, 0.1) is 0 Å². The van der Waals surface area contributed by atoms with E-state index in [1.54, 1.807) is 0 Å². The van der Waals surface area contributed by atoms with Crippen molar-refractivity contribution in [2.45, 2.75) is 42.5 Å². The summed E-state index contributed by atoms with van der Waals surface area (Å²) in [6, 6.07) is 5.29. The van der Waals surface area contributed by atoms with E-state index in [0.29, 0.717) is 12.5 Å². The number of hydrogen-bond donors (Lipinski definition) is 0. The van der Waals surface area contributed by atoms with E-state index in [-0.39, 0.29) is 15.8 Å². The van der Waals surface area contributed by atoms with E-state index in [4.69, 9.17) is 10.7 Å². The molecule has 118 valence electrons. The maximum absolute atomic E-state index is 12.8. The summed E-state index contributed by atoms with van der Waals surface area (Å²) in [5.74, 6) is 0.457. The van der Waals surface area contributed by atoms with Crippen molar-refractivity contribution in [3.63, 3.8) is 0 Å². The lowest BCUT2D eigenvalue weighted by atomic mass is 9.95. The van der Waals surface area contributed by atoms with E-state index in [1.807, 2.05) is 6.92 Å². The Labute approximate surface area is 130 Å². The summed E-state index contributed by atoms with van der Waals surface area (Å²) < 4.78 is 50.1. The third-order valence-corrected chi connectivity index (χ3v) is 7.36. The lowest BCUT2D eigenvalue weighted by Crippen LogP contribution is -2.44. The molecule has 1 aliphatic heterocycles. The number of rotatable bonds is 3. The summed E-state index contributed by atoms with van der Waals surface area (Å²) in [6.07, 6.45) is 1.52. The zero-order chi connectivity index (χ0) is 15.8. The molecule has 8 heteroatoms. The molecule has 0 spiro atoms. The Morgan fingerprint density at radius 1 is 1.10 bits per heavy atom. The largest absolute Gasteiger partial charge is 0.262 e. The molecule has 0 bridgehead atoms. The molecular weight excluding hydrogens is 334 g/mol. The van der Waals surface area contributed by atoms with Crippen molar-refractivity contribution in [2.75, 3.05) is 6.54 Å². The summed E-state index contributed by atoms with van der Waals surface area (Å²) in [5.41, 5.74) is 0. The molecule has 0 radical (unpaired) electrons. The van der Waals surface area contributed by atoms with Crippen LogP contribution in [0.3, 0.4) is 0 Å². The van der Waals surface area contributed by atoms with Gasteiger partial charge in [-0.15, -0.1) is 0 Å². The van der Waals surface area contributed by atoms with Crippen LogP contribution in [0.2, 0.25) is 0 Å². The smallest absolute Gasteiger partial charge is 0.207 e. The first-order chi connectivity index (χ1) is 9.64. The number of halogens is 1. The summed E-state index contributed by atoms with van der Waals surface area (Å²) in [7, 11) is -2.64. The van der Waals surface area contributed by atoms with Gasteiger partial charge in [-0.1, -0.05) is 19.1 Å². The minimum Gasteiger partial charge on any atom is -0.207 e. The molecule has 0 amide bonds. The molecule has 2 rings (SSSR count). The molecule has 1 heterocycles. The summed E-state index contributed by atoms with van der Waals surface area (Å²) in [5, 5.41) is 0. The third kappa shape index (κ3) is 3.41. The Hall–Kier alpha value is -0.630. The fourth-order valence-corrected chi connectivity index (χ4v) is 6.20. The van der Waals surface area contributed by atoms with Crippen LogP contribution in [0.25, 0.3) is 0 Å². The van der Waals surface area contributed by atoms with Gasteiger partial charge in [-0.05, 0) is 37.8 Å². The summed E-state index contributed by atoms with van der Waals surface area (Å²) in [4.78, 5) is -0.612. The molecule has 5 nitrogen and oxygen atoms in total. The van der Waals surface area contributed by atoms with E-state index < -0.39 is 19.1 Å². The van der Waals surface area contributed by atoms with Gasteiger partial charge in [0.1, 0.15) is 9.79 Å². The highest BCUT2D eigenvalue weighted by Gasteiger charge is 2.36. The minimum atomic E-state index is -4.12. The molecule has 1 aromatic rings. The predicted molar refractivity (Wildman–Crippen MR) is 81.2 cm³/mol. The molecule has 1 fully saturated rings. The van der Waals surface area contributed by atoms with E-state index in [0.717, 1.165) is 12.8 Å². The predicted octanol–water partition coefficient (Wildman–Crippen LogP) is 2.42. The zero-order valence-electron chi connectivity index (χ0n) is 11.9. The number of benzene rings is 1. The maximum Gasteiger partial charge on any atom is 0.262 e. The molecule has 1 saturated heterocycles. The van der Waals surface area contributed by atoms with Gasteiger partial charge >= 0.3 is 0 Å². The van der Waals surface area contributed by atoms with Crippen molar-refractivity contribution < 1.29 is 16.8 Å². The summed E-state index contributed by atoms with van der Waals surface area (Å²) >= 11 is 0. The van der Waals surface area contributed by atoms with Crippen molar-refractivity contribution in [3.8, 4) is 0 Å². The van der Waals surface area contributed by atoms with Gasteiger partial charge in [0.25, 0.3) is 9.05 Å². The van der Waals surface area contributed by atoms with Gasteiger partial charge < -0.3 is 0 Å². The maximum atomic E-state index is 12.8. The lowest BCUT2D eigenvalue weighted by molar-refractivity contribution is 0.220. The molecule has 1 aliphatic rings. The van der Waals surface area contributed by atoms with Gasteiger partial charge in [-0.3, -0.25) is 0 Å². The average molecular weight is 352 g/mol. The first-order valence-electron chi connectivity index (χ1n) is 6.69. The topological polar surface area (TPSA) is 71.5 Å². The van der Waals surface area contributed by atoms with Crippen LogP contribution in [0, 0.1) is 5.92 Å². The number of hydrogen-bond acceptors (Lipinski definition) is 4. The fourth-order valence-electron chi connectivity index (χ4n) is 2.73. The van der Waals surface area contributed by atoms with Gasteiger partial charge in [0.15, 0.2) is 0 Å². The van der Waals surface area contributed by atoms with Crippen LogP contribution in [0.15, 0.2) is 34.1 Å². The Bertz CT molecular complexity index is 730. The lowest BCUT2D eigenvalue weighted by Gasteiger charge is -2.35. The summed E-state index contributed by atoms with van der Waals surface area (Å²) in [6.45, 7) is 4.31. The van der Waals surface area contributed by atoms with Crippen molar-refractivity contribution in [3.05, 3.63) is 24.3 Å². The fraction of sp³-hybridized carbons (Fsp3) is 0.538. The van der Waals surface area contributed by atoms with Crippen molar-refractivity contribution in [1.29, 1.82) is 0 Å². The van der Waals surface area contributed by atoms with Crippen LogP contribution in [0.1, 0.15) is 26.7 Å². The van der Waals surface area contributed by atoms with Crippen LogP contribution in [-0.4, -0.2) is 33.7 Å². The van der Waals surface area contributed by atoms with Crippen LogP contribution >= 0.6 is 10.7 Å². The van der Waals surface area contributed by atoms with Crippen LogP contribution in [-0.2, 0) is 19.1 Å². The highest BCUT2D eigenvalue weighted by Crippen LogP contribution is 2.31. The van der Waals surface area contributed by atoms with Gasteiger partial charge in [0.2, 0.25) is 10.0 Å². The molecule has 0 N–H and O–H groups in total. The Morgan fingerprint density at radius 3 is 2.19 bits per heavy atom. The molecule has 2 atom stereocenters. The molecule has 1 aromatic carbocycles. The van der Waals surface area contributed by atoms with E-state index in [1.165, 1.54) is 28.6 Å². The molecule has 21 heavy (non-hydrogen) atoms. The van der Waals surface area contributed by atoms with Crippen molar-refractivity contribution in [2.24, 2.45) is 5.92 Å². The standard InChI is InChI=1S/C13H18ClNO4S2/c1-10-7-8-15(11(2)9-10)21(18,19)13-6-4-3-5-12(13)20(14,16)17/h3-6,10-11H,7-9H2,1-2H3. The van der Waals surface area contributed by atoms with Gasteiger partial charge in [-0.2, -0.15) is 4.31 Å². The van der Waals surface area contributed by atoms with Crippen LogP contribution < -0.4 is 0 Å². The van der Waals surface area contributed by atoms with Gasteiger partial charge in [0, 0.05) is 23.3 Å². The first kappa shape index (κ1) is 16.7. The quantitative estimate of drug-likeness (QED) is 0.784. The SMILES string of the molecule is CC1CCN(S(=O)(=O)c2ccccc2S(=O)(=O)Cl)C(C)C1. The molecule has 2 unspecified atom stereocenters. The minimum absolute atomic E-state index is 0.162.